The minimum atomic E-state index is -0.683. The molecule has 1 amide bonds. The summed E-state index contributed by atoms with van der Waals surface area (Å²) in [5.74, 6) is -0.146. The molecule has 21 heavy (non-hydrogen) atoms. The van der Waals surface area contributed by atoms with Gasteiger partial charge in [-0.25, -0.2) is 0 Å². The Kier molecular flexibility index (Phi) is 6.90. The number of carbonyl (C=O) groups excluding carboxylic acids is 1. The largest absolute Gasteiger partial charge is 0.367 e. The van der Waals surface area contributed by atoms with E-state index in [1.165, 1.54) is 0 Å². The molecule has 0 saturated carbocycles. The van der Waals surface area contributed by atoms with E-state index in [-0.39, 0.29) is 29.9 Å². The maximum Gasteiger partial charge on any atom is 0.251 e. The first-order valence-electron chi connectivity index (χ1n) is 6.57. The van der Waals surface area contributed by atoms with Crippen molar-refractivity contribution in [2.45, 2.75) is 23.6 Å². The lowest BCUT2D eigenvalue weighted by atomic mass is 9.87. The molecule has 2 rings (SSSR count). The number of hydrogen-bond acceptors (Lipinski definition) is 4. The highest BCUT2D eigenvalue weighted by atomic mass is 35.5. The zero-order valence-corrected chi connectivity index (χ0v) is 13.4. The van der Waals surface area contributed by atoms with Crippen molar-refractivity contribution < 1.29 is 9.53 Å². The van der Waals surface area contributed by atoms with Crippen LogP contribution in [-0.2, 0) is 4.74 Å². The van der Waals surface area contributed by atoms with E-state index in [9.17, 15) is 4.79 Å². The Morgan fingerprint density at radius 2 is 2.19 bits per heavy atom. The first-order chi connectivity index (χ1) is 9.55. The summed E-state index contributed by atoms with van der Waals surface area (Å²) in [7, 11) is 1.62. The number of halogens is 2. The molecule has 5 nitrogen and oxygen atoms in total. The third-order valence-electron chi connectivity index (χ3n) is 3.61. The fourth-order valence-electron chi connectivity index (χ4n) is 2.27. The van der Waals surface area contributed by atoms with Gasteiger partial charge in [0.2, 0.25) is 0 Å². The minimum Gasteiger partial charge on any atom is -0.367 e. The normalized spacial score (nSPS) is 28.5. The number of benzene rings is 1. The van der Waals surface area contributed by atoms with Crippen molar-refractivity contribution in [1.82, 2.24) is 10.6 Å². The second-order valence-electron chi connectivity index (χ2n) is 5.09. The first-order valence-corrected chi connectivity index (χ1v) is 7.01. The summed E-state index contributed by atoms with van der Waals surface area (Å²) < 4.78 is 5.26. The molecule has 0 aromatic heterocycles. The third kappa shape index (κ3) is 4.56. The van der Waals surface area contributed by atoms with Crippen LogP contribution in [0.4, 0.5) is 0 Å². The minimum absolute atomic E-state index is 0. The van der Waals surface area contributed by atoms with Crippen molar-refractivity contribution >= 4 is 29.9 Å². The van der Waals surface area contributed by atoms with E-state index in [0.717, 1.165) is 0 Å². The number of carbonyl (C=O) groups is 1. The summed E-state index contributed by atoms with van der Waals surface area (Å²) in [5.41, 5.74) is 6.26. The van der Waals surface area contributed by atoms with E-state index in [2.05, 4.69) is 10.6 Å². The number of alkyl halides is 1. The molecule has 1 aliphatic rings. The lowest BCUT2D eigenvalue weighted by Crippen LogP contribution is -2.65. The number of piperidine rings is 1. The second-order valence-corrected chi connectivity index (χ2v) is 5.61. The molecule has 0 radical (unpaired) electrons. The third-order valence-corrected chi connectivity index (χ3v) is 4.20. The van der Waals surface area contributed by atoms with Gasteiger partial charge in [0, 0.05) is 32.2 Å². The highest BCUT2D eigenvalue weighted by Crippen LogP contribution is 2.23. The maximum absolute atomic E-state index is 12.0. The molecule has 1 fully saturated rings. The van der Waals surface area contributed by atoms with Gasteiger partial charge in [-0.1, -0.05) is 18.2 Å². The standard InChI is InChI=1S/C14H20ClN3O2.ClH/c1-20-12-7-14(16,11(15)8-17-12)9-18-13(19)10-5-3-2-4-6-10;/h2-6,11-12,17H,7-9,16H2,1H3,(H,18,19);1H. The van der Waals surface area contributed by atoms with Crippen LogP contribution >= 0.6 is 24.0 Å². The molecule has 1 heterocycles. The SMILES string of the molecule is COC1CC(N)(CNC(=O)c2ccccc2)C(Cl)CN1.Cl. The molecule has 0 spiro atoms. The molecule has 118 valence electrons. The van der Waals surface area contributed by atoms with Gasteiger partial charge < -0.3 is 15.8 Å². The van der Waals surface area contributed by atoms with Gasteiger partial charge in [0.25, 0.3) is 5.91 Å². The van der Waals surface area contributed by atoms with Gasteiger partial charge in [0.05, 0.1) is 10.9 Å². The van der Waals surface area contributed by atoms with E-state index in [4.69, 9.17) is 22.1 Å². The number of rotatable bonds is 4. The predicted molar refractivity (Wildman–Crippen MR) is 86.0 cm³/mol. The number of amides is 1. The van der Waals surface area contributed by atoms with E-state index >= 15 is 0 Å². The monoisotopic (exact) mass is 333 g/mol. The molecular formula is C14H21Cl2N3O2. The van der Waals surface area contributed by atoms with Gasteiger partial charge in [-0.3, -0.25) is 10.1 Å². The molecular weight excluding hydrogens is 313 g/mol. The van der Waals surface area contributed by atoms with Gasteiger partial charge in [-0.15, -0.1) is 24.0 Å². The van der Waals surface area contributed by atoms with Crippen LogP contribution in [-0.4, -0.2) is 43.3 Å². The van der Waals surface area contributed by atoms with E-state index < -0.39 is 5.54 Å². The Hall–Kier alpha value is -0.850. The smallest absolute Gasteiger partial charge is 0.251 e. The molecule has 3 atom stereocenters. The Morgan fingerprint density at radius 1 is 1.52 bits per heavy atom. The van der Waals surface area contributed by atoms with Crippen molar-refractivity contribution in [2.75, 3.05) is 20.2 Å². The molecule has 1 saturated heterocycles. The Labute approximate surface area is 136 Å². The van der Waals surface area contributed by atoms with Crippen LogP contribution < -0.4 is 16.4 Å². The summed E-state index contributed by atoms with van der Waals surface area (Å²) in [5, 5.41) is 5.74. The van der Waals surface area contributed by atoms with E-state index in [1.807, 2.05) is 18.2 Å². The lowest BCUT2D eigenvalue weighted by molar-refractivity contribution is 0.0263. The van der Waals surface area contributed by atoms with Crippen LogP contribution in [0.2, 0.25) is 0 Å². The number of nitrogens with one attached hydrogen (secondary N) is 2. The number of methoxy groups -OCH3 is 1. The molecule has 0 bridgehead atoms. The van der Waals surface area contributed by atoms with Gasteiger partial charge in [-0.05, 0) is 12.1 Å². The quantitative estimate of drug-likeness (QED) is 0.721. The molecule has 4 N–H and O–H groups in total. The number of nitrogens with two attached hydrogens (primary N) is 1. The highest BCUT2D eigenvalue weighted by Gasteiger charge is 2.40. The van der Waals surface area contributed by atoms with Crippen molar-refractivity contribution in [2.24, 2.45) is 5.73 Å². The number of hydrogen-bond donors (Lipinski definition) is 3. The van der Waals surface area contributed by atoms with Crippen molar-refractivity contribution in [3.63, 3.8) is 0 Å². The topological polar surface area (TPSA) is 76.4 Å². The molecule has 7 heteroatoms. The van der Waals surface area contributed by atoms with Crippen molar-refractivity contribution in [3.05, 3.63) is 35.9 Å². The summed E-state index contributed by atoms with van der Waals surface area (Å²) in [6.45, 7) is 0.869. The van der Waals surface area contributed by atoms with Gasteiger partial charge in [0.1, 0.15) is 6.23 Å². The number of ether oxygens (including phenoxy) is 1. The zero-order chi connectivity index (χ0) is 14.6. The first kappa shape index (κ1) is 18.2. The van der Waals surface area contributed by atoms with E-state index in [0.29, 0.717) is 25.1 Å². The van der Waals surface area contributed by atoms with Crippen LogP contribution in [0.5, 0.6) is 0 Å². The average molecular weight is 334 g/mol. The molecule has 1 aromatic rings. The summed E-state index contributed by atoms with van der Waals surface area (Å²) in [4.78, 5) is 12.0. The fraction of sp³-hybridized carbons (Fsp3) is 0.500. The maximum atomic E-state index is 12.0. The van der Waals surface area contributed by atoms with Gasteiger partial charge in [-0.2, -0.15) is 0 Å². The molecule has 1 aromatic carbocycles. The second kappa shape index (κ2) is 7.96. The van der Waals surface area contributed by atoms with Crippen LogP contribution in [0.25, 0.3) is 0 Å². The van der Waals surface area contributed by atoms with Crippen LogP contribution in [0, 0.1) is 0 Å². The molecule has 1 aliphatic heterocycles. The van der Waals surface area contributed by atoms with E-state index in [1.54, 1.807) is 19.2 Å². The Balaban J connectivity index is 0.00000220. The summed E-state index contributed by atoms with van der Waals surface area (Å²) in [6, 6.07) is 9.03. The summed E-state index contributed by atoms with van der Waals surface area (Å²) in [6.07, 6.45) is 0.413. The fourth-order valence-corrected chi connectivity index (χ4v) is 2.52. The Bertz CT molecular complexity index is 461. The molecule has 0 aliphatic carbocycles. The average Bonchev–Trinajstić information content (AvgIpc) is 2.49. The van der Waals surface area contributed by atoms with Crippen LogP contribution in [0.3, 0.4) is 0 Å². The lowest BCUT2D eigenvalue weighted by Gasteiger charge is -2.41. The predicted octanol–water partition coefficient (Wildman–Crippen LogP) is 1.11. The van der Waals surface area contributed by atoms with Crippen molar-refractivity contribution in [3.8, 4) is 0 Å². The highest BCUT2D eigenvalue weighted by molar-refractivity contribution is 6.21. The van der Waals surface area contributed by atoms with Crippen molar-refractivity contribution in [1.29, 1.82) is 0 Å². The summed E-state index contributed by atoms with van der Waals surface area (Å²) >= 11 is 6.28. The van der Waals surface area contributed by atoms with Crippen LogP contribution in [0.15, 0.2) is 30.3 Å². The Morgan fingerprint density at radius 3 is 2.81 bits per heavy atom. The van der Waals surface area contributed by atoms with Crippen LogP contribution in [0.1, 0.15) is 16.8 Å². The van der Waals surface area contributed by atoms with Gasteiger partial charge in [0.15, 0.2) is 0 Å². The zero-order valence-electron chi connectivity index (χ0n) is 11.8. The van der Waals surface area contributed by atoms with Gasteiger partial charge >= 0.3 is 0 Å². The molecule has 3 unspecified atom stereocenters.